The normalized spacial score (nSPS) is 21.8. The number of hydrogen-bond acceptors (Lipinski definition) is 4. The number of hydrogen-bond donors (Lipinski definition) is 0. The summed E-state index contributed by atoms with van der Waals surface area (Å²) in [6, 6.07) is 16.0. The number of fused-ring (bicyclic) bond motifs is 4. The van der Waals surface area contributed by atoms with Gasteiger partial charge < -0.3 is 9.47 Å². The summed E-state index contributed by atoms with van der Waals surface area (Å²) >= 11 is 1.72. The first-order valence-corrected chi connectivity index (χ1v) is 9.61. The first-order chi connectivity index (χ1) is 12.3. The highest BCUT2D eigenvalue weighted by Gasteiger charge is 2.35. The molecule has 2 bridgehead atoms. The first kappa shape index (κ1) is 14.9. The van der Waals surface area contributed by atoms with E-state index in [-0.39, 0.29) is 5.56 Å². The van der Waals surface area contributed by atoms with Gasteiger partial charge in [-0.3, -0.25) is 4.79 Å². The summed E-state index contributed by atoms with van der Waals surface area (Å²) < 4.78 is 1.98. The van der Waals surface area contributed by atoms with Crippen LogP contribution in [0, 0.1) is 5.92 Å². The highest BCUT2D eigenvalue weighted by atomic mass is 32.1. The molecule has 0 saturated carbocycles. The molecular weight excluding hydrogens is 330 g/mol. The molecule has 1 saturated heterocycles. The van der Waals surface area contributed by atoms with Crippen LogP contribution >= 0.6 is 11.3 Å². The number of nitrogens with zero attached hydrogens (tertiary/aromatic N) is 3. The van der Waals surface area contributed by atoms with Gasteiger partial charge in [0.05, 0.1) is 5.69 Å². The Labute approximate surface area is 150 Å². The molecule has 25 heavy (non-hydrogen) atoms. The fraction of sp³-hybridized carbons (Fsp3) is 0.300. The summed E-state index contributed by atoms with van der Waals surface area (Å²) in [5, 5.41) is 3.24. The molecule has 3 aromatic rings. The third-order valence-corrected chi connectivity index (χ3v) is 6.21. The van der Waals surface area contributed by atoms with E-state index in [0.29, 0.717) is 11.8 Å². The Morgan fingerprint density at radius 1 is 1.00 bits per heavy atom. The number of thiazole rings is 1. The second kappa shape index (κ2) is 5.85. The van der Waals surface area contributed by atoms with E-state index < -0.39 is 0 Å². The molecule has 4 nitrogen and oxygen atoms in total. The van der Waals surface area contributed by atoms with Crippen molar-refractivity contribution in [1.82, 2.24) is 9.55 Å². The predicted octanol–water partition coefficient (Wildman–Crippen LogP) is 3.60. The van der Waals surface area contributed by atoms with Crippen molar-refractivity contribution in [3.8, 4) is 11.3 Å². The van der Waals surface area contributed by atoms with E-state index in [1.165, 1.54) is 17.7 Å². The maximum Gasteiger partial charge on any atom is 0.250 e. The fourth-order valence-electron chi connectivity index (χ4n) is 4.20. The zero-order valence-electron chi connectivity index (χ0n) is 13.8. The summed E-state index contributed by atoms with van der Waals surface area (Å²) in [6.07, 6.45) is 1.18. The lowest BCUT2D eigenvalue weighted by Gasteiger charge is -2.42. The van der Waals surface area contributed by atoms with Crippen LogP contribution < -0.4 is 10.5 Å². The van der Waals surface area contributed by atoms with Crippen LogP contribution in [0.1, 0.15) is 18.0 Å². The van der Waals surface area contributed by atoms with Crippen molar-refractivity contribution in [1.29, 1.82) is 0 Å². The predicted molar refractivity (Wildman–Crippen MR) is 101 cm³/mol. The number of piperidine rings is 1. The summed E-state index contributed by atoms with van der Waals surface area (Å²) in [5.41, 5.74) is 3.54. The van der Waals surface area contributed by atoms with Crippen LogP contribution in [0.15, 0.2) is 58.7 Å². The molecule has 2 aliphatic rings. The van der Waals surface area contributed by atoms with Gasteiger partial charge in [-0.25, -0.2) is 4.98 Å². The minimum Gasteiger partial charge on any atom is -0.347 e. The van der Waals surface area contributed by atoms with Crippen LogP contribution in [0.4, 0.5) is 5.13 Å². The van der Waals surface area contributed by atoms with Gasteiger partial charge in [0, 0.05) is 48.3 Å². The second-order valence-corrected chi connectivity index (χ2v) is 7.82. The molecule has 2 aromatic heterocycles. The van der Waals surface area contributed by atoms with Crippen molar-refractivity contribution in [2.75, 3.05) is 18.0 Å². The Hall–Kier alpha value is -2.40. The Balaban J connectivity index is 1.44. The Kier molecular flexibility index (Phi) is 3.48. The van der Waals surface area contributed by atoms with Gasteiger partial charge in [-0.2, -0.15) is 0 Å². The third kappa shape index (κ3) is 2.59. The molecule has 0 amide bonds. The summed E-state index contributed by atoms with van der Waals surface area (Å²) in [5.74, 6) is 0.945. The summed E-state index contributed by atoms with van der Waals surface area (Å²) in [7, 11) is 0. The number of rotatable bonds is 2. The minimum atomic E-state index is 0.140. The molecule has 1 aromatic carbocycles. The molecule has 5 heteroatoms. The fourth-order valence-corrected chi connectivity index (χ4v) is 5.06. The van der Waals surface area contributed by atoms with Crippen molar-refractivity contribution in [3.05, 3.63) is 70.0 Å². The lowest BCUT2D eigenvalue weighted by Crippen LogP contribution is -2.47. The number of aromatic nitrogens is 2. The average molecular weight is 349 g/mol. The van der Waals surface area contributed by atoms with Gasteiger partial charge in [-0.05, 0) is 18.4 Å². The molecule has 5 rings (SSSR count). The Morgan fingerprint density at radius 2 is 1.88 bits per heavy atom. The topological polar surface area (TPSA) is 38.1 Å². The lowest BCUT2D eigenvalue weighted by molar-refractivity contribution is 0.281. The van der Waals surface area contributed by atoms with Gasteiger partial charge in [0.25, 0.3) is 5.56 Å². The van der Waals surface area contributed by atoms with Crippen molar-refractivity contribution in [3.63, 3.8) is 0 Å². The van der Waals surface area contributed by atoms with E-state index in [9.17, 15) is 4.79 Å². The molecule has 0 radical (unpaired) electrons. The van der Waals surface area contributed by atoms with Gasteiger partial charge in [0.15, 0.2) is 5.13 Å². The molecule has 0 aliphatic carbocycles. The SMILES string of the molecule is O=c1cccc2n1CC1CC2CN(c2nc(-c3ccccc3)cs2)C1. The van der Waals surface area contributed by atoms with Crippen LogP contribution in [-0.4, -0.2) is 22.6 Å². The largest absolute Gasteiger partial charge is 0.347 e. The number of anilines is 1. The van der Waals surface area contributed by atoms with Gasteiger partial charge in [-0.15, -0.1) is 11.3 Å². The smallest absolute Gasteiger partial charge is 0.250 e. The molecule has 1 fully saturated rings. The van der Waals surface area contributed by atoms with Crippen LogP contribution in [-0.2, 0) is 6.54 Å². The highest BCUT2D eigenvalue weighted by molar-refractivity contribution is 7.14. The van der Waals surface area contributed by atoms with E-state index in [2.05, 4.69) is 28.5 Å². The van der Waals surface area contributed by atoms with Crippen LogP contribution in [0.5, 0.6) is 0 Å². The van der Waals surface area contributed by atoms with Crippen LogP contribution in [0.25, 0.3) is 11.3 Å². The quantitative estimate of drug-likeness (QED) is 0.709. The van der Waals surface area contributed by atoms with Crippen molar-refractivity contribution < 1.29 is 0 Å². The monoisotopic (exact) mass is 349 g/mol. The van der Waals surface area contributed by atoms with E-state index in [0.717, 1.165) is 30.5 Å². The third-order valence-electron chi connectivity index (χ3n) is 5.31. The van der Waals surface area contributed by atoms with Crippen LogP contribution in [0.2, 0.25) is 0 Å². The van der Waals surface area contributed by atoms with Gasteiger partial charge in [0.1, 0.15) is 0 Å². The molecule has 126 valence electrons. The van der Waals surface area contributed by atoms with Gasteiger partial charge in [0.2, 0.25) is 0 Å². The van der Waals surface area contributed by atoms with E-state index >= 15 is 0 Å². The van der Waals surface area contributed by atoms with E-state index in [1.807, 2.05) is 28.8 Å². The average Bonchev–Trinajstić information content (AvgIpc) is 3.14. The van der Waals surface area contributed by atoms with Crippen molar-refractivity contribution >= 4 is 16.5 Å². The van der Waals surface area contributed by atoms with Crippen molar-refractivity contribution in [2.24, 2.45) is 5.92 Å². The standard InChI is InChI=1S/C20H19N3OS/c24-19-8-4-7-18-16-9-14(11-23(18)19)10-22(12-16)20-21-17(13-25-20)15-5-2-1-3-6-15/h1-8,13-14,16H,9-12H2. The Morgan fingerprint density at radius 3 is 2.76 bits per heavy atom. The molecule has 4 heterocycles. The first-order valence-electron chi connectivity index (χ1n) is 8.73. The molecule has 2 aliphatic heterocycles. The van der Waals surface area contributed by atoms with E-state index in [4.69, 9.17) is 4.98 Å². The van der Waals surface area contributed by atoms with Crippen LogP contribution in [0.3, 0.4) is 0 Å². The lowest BCUT2D eigenvalue weighted by atomic mass is 9.83. The molecular formula is C20H19N3OS. The summed E-state index contributed by atoms with van der Waals surface area (Å²) in [4.78, 5) is 19.4. The molecule has 0 spiro atoms. The maximum absolute atomic E-state index is 12.1. The Bertz CT molecular complexity index is 962. The number of benzene rings is 1. The molecule has 0 N–H and O–H groups in total. The minimum absolute atomic E-state index is 0.140. The van der Waals surface area contributed by atoms with Gasteiger partial charge in [-0.1, -0.05) is 36.4 Å². The molecule has 2 atom stereocenters. The van der Waals surface area contributed by atoms with Gasteiger partial charge >= 0.3 is 0 Å². The zero-order chi connectivity index (χ0) is 16.8. The molecule has 2 unspecified atom stereocenters. The highest BCUT2D eigenvalue weighted by Crippen LogP contribution is 2.38. The summed E-state index contributed by atoms with van der Waals surface area (Å²) in [6.45, 7) is 2.76. The van der Waals surface area contributed by atoms with Crippen molar-refractivity contribution in [2.45, 2.75) is 18.9 Å². The maximum atomic E-state index is 12.1. The zero-order valence-corrected chi connectivity index (χ0v) is 14.7. The number of pyridine rings is 1. The second-order valence-electron chi connectivity index (χ2n) is 6.98. The van der Waals surface area contributed by atoms with E-state index in [1.54, 1.807) is 17.4 Å².